The van der Waals surface area contributed by atoms with Gasteiger partial charge in [-0.15, -0.1) is 0 Å². The van der Waals surface area contributed by atoms with Crippen molar-refractivity contribution in [3.63, 3.8) is 0 Å². The molecule has 0 heterocycles. The van der Waals surface area contributed by atoms with Crippen LogP contribution >= 0.6 is 27.5 Å². The third-order valence-electron chi connectivity index (χ3n) is 3.44. The maximum Gasteiger partial charge on any atom is 0.121 e. The SMILES string of the molecule is COc1ccc([C@](C)(O)c2ccc(Cl)c(Br)c2)cc1C. The molecule has 1 atom stereocenters. The van der Waals surface area contributed by atoms with Gasteiger partial charge in [0.2, 0.25) is 0 Å². The number of hydrogen-bond donors (Lipinski definition) is 1. The van der Waals surface area contributed by atoms with Crippen LogP contribution in [0.15, 0.2) is 40.9 Å². The average Bonchev–Trinajstić information content (AvgIpc) is 2.41. The van der Waals surface area contributed by atoms with Crippen LogP contribution in [-0.2, 0) is 5.60 Å². The van der Waals surface area contributed by atoms with E-state index >= 15 is 0 Å². The lowest BCUT2D eigenvalue weighted by atomic mass is 9.87. The zero-order chi connectivity index (χ0) is 14.9. The van der Waals surface area contributed by atoms with Crippen LogP contribution in [0.5, 0.6) is 5.75 Å². The highest BCUT2D eigenvalue weighted by Gasteiger charge is 2.26. The molecule has 0 bridgehead atoms. The third-order valence-corrected chi connectivity index (χ3v) is 4.65. The number of benzene rings is 2. The van der Waals surface area contributed by atoms with Gasteiger partial charge in [-0.2, -0.15) is 0 Å². The van der Waals surface area contributed by atoms with Gasteiger partial charge in [0, 0.05) is 4.47 Å². The van der Waals surface area contributed by atoms with Crippen LogP contribution in [0.4, 0.5) is 0 Å². The molecule has 0 amide bonds. The second-order valence-electron chi connectivity index (χ2n) is 4.89. The lowest BCUT2D eigenvalue weighted by Crippen LogP contribution is -2.23. The fraction of sp³-hybridized carbons (Fsp3) is 0.250. The van der Waals surface area contributed by atoms with E-state index in [1.165, 1.54) is 0 Å². The summed E-state index contributed by atoms with van der Waals surface area (Å²) in [4.78, 5) is 0. The molecule has 0 saturated heterocycles. The molecule has 0 spiro atoms. The summed E-state index contributed by atoms with van der Waals surface area (Å²) in [5.74, 6) is 0.807. The summed E-state index contributed by atoms with van der Waals surface area (Å²) in [6, 6.07) is 11.1. The minimum absolute atomic E-state index is 0.621. The molecule has 0 aliphatic heterocycles. The molecule has 2 aromatic rings. The third kappa shape index (κ3) is 2.85. The van der Waals surface area contributed by atoms with E-state index in [0.717, 1.165) is 26.9 Å². The number of aliphatic hydroxyl groups is 1. The van der Waals surface area contributed by atoms with Crippen molar-refractivity contribution in [3.05, 3.63) is 62.6 Å². The predicted molar refractivity (Wildman–Crippen MR) is 85.6 cm³/mol. The van der Waals surface area contributed by atoms with E-state index in [1.54, 1.807) is 20.1 Å². The summed E-state index contributed by atoms with van der Waals surface area (Å²) in [5.41, 5.74) is 1.48. The van der Waals surface area contributed by atoms with Crippen molar-refractivity contribution in [1.82, 2.24) is 0 Å². The van der Waals surface area contributed by atoms with Crippen molar-refractivity contribution in [2.75, 3.05) is 7.11 Å². The monoisotopic (exact) mass is 354 g/mol. The molecule has 2 nitrogen and oxygen atoms in total. The fourth-order valence-electron chi connectivity index (χ4n) is 2.15. The molecule has 2 rings (SSSR count). The van der Waals surface area contributed by atoms with Gasteiger partial charge in [0.05, 0.1) is 12.1 Å². The van der Waals surface area contributed by atoms with Gasteiger partial charge in [0.25, 0.3) is 0 Å². The van der Waals surface area contributed by atoms with Crippen molar-refractivity contribution in [2.24, 2.45) is 0 Å². The molecule has 4 heteroatoms. The predicted octanol–water partition coefficient (Wildman–Crippen LogP) is 4.68. The van der Waals surface area contributed by atoms with Crippen LogP contribution in [0, 0.1) is 6.92 Å². The van der Waals surface area contributed by atoms with Crippen molar-refractivity contribution in [2.45, 2.75) is 19.4 Å². The molecule has 0 fully saturated rings. The molecule has 0 radical (unpaired) electrons. The quantitative estimate of drug-likeness (QED) is 0.866. The minimum Gasteiger partial charge on any atom is -0.496 e. The fourth-order valence-corrected chi connectivity index (χ4v) is 2.64. The molecule has 2 aromatic carbocycles. The lowest BCUT2D eigenvalue weighted by Gasteiger charge is -2.25. The van der Waals surface area contributed by atoms with Crippen molar-refractivity contribution in [3.8, 4) is 5.75 Å². The highest BCUT2D eigenvalue weighted by atomic mass is 79.9. The number of aryl methyl sites for hydroxylation is 1. The Hall–Kier alpha value is -1.03. The zero-order valence-electron chi connectivity index (χ0n) is 11.6. The van der Waals surface area contributed by atoms with E-state index in [9.17, 15) is 5.11 Å². The van der Waals surface area contributed by atoms with E-state index in [1.807, 2.05) is 37.3 Å². The summed E-state index contributed by atoms with van der Waals surface area (Å²) in [6.45, 7) is 3.72. The number of hydrogen-bond acceptors (Lipinski definition) is 2. The maximum absolute atomic E-state index is 10.9. The van der Waals surface area contributed by atoms with Gasteiger partial charge < -0.3 is 9.84 Å². The van der Waals surface area contributed by atoms with Gasteiger partial charge in [0.15, 0.2) is 0 Å². The molecule has 0 aliphatic rings. The standard InChI is InChI=1S/C16H16BrClO2/c1-10-8-11(5-7-15(10)20-3)16(2,19)12-4-6-14(18)13(17)9-12/h4-9,19H,1-3H3/t16-/m0/s1. The van der Waals surface area contributed by atoms with Crippen molar-refractivity contribution < 1.29 is 9.84 Å². The topological polar surface area (TPSA) is 29.5 Å². The molecule has 0 unspecified atom stereocenters. The molecular formula is C16H16BrClO2. The number of rotatable bonds is 3. The largest absolute Gasteiger partial charge is 0.496 e. The Labute approximate surface area is 132 Å². The first-order valence-electron chi connectivity index (χ1n) is 6.19. The Morgan fingerprint density at radius 1 is 1.15 bits per heavy atom. The summed E-state index contributed by atoms with van der Waals surface area (Å²) >= 11 is 9.38. The normalized spacial score (nSPS) is 13.9. The van der Waals surface area contributed by atoms with Gasteiger partial charge in [-0.3, -0.25) is 0 Å². The van der Waals surface area contributed by atoms with Crippen LogP contribution in [0.1, 0.15) is 23.6 Å². The summed E-state index contributed by atoms with van der Waals surface area (Å²) in [6.07, 6.45) is 0. The molecule has 1 N–H and O–H groups in total. The molecule has 0 aliphatic carbocycles. The Balaban J connectivity index is 2.48. The molecular weight excluding hydrogens is 340 g/mol. The Kier molecular flexibility index (Phi) is 4.43. The number of halogens is 2. The summed E-state index contributed by atoms with van der Waals surface area (Å²) < 4.78 is 6.01. The highest BCUT2D eigenvalue weighted by Crippen LogP contribution is 2.34. The van der Waals surface area contributed by atoms with E-state index in [-0.39, 0.29) is 0 Å². The Bertz CT molecular complexity index is 638. The van der Waals surface area contributed by atoms with Crippen LogP contribution < -0.4 is 4.74 Å². The van der Waals surface area contributed by atoms with Gasteiger partial charge in [0.1, 0.15) is 11.4 Å². The van der Waals surface area contributed by atoms with Crippen LogP contribution in [0.2, 0.25) is 5.02 Å². The van der Waals surface area contributed by atoms with Gasteiger partial charge in [-0.05, 0) is 70.7 Å². The summed E-state index contributed by atoms with van der Waals surface area (Å²) in [7, 11) is 1.64. The Morgan fingerprint density at radius 3 is 2.30 bits per heavy atom. The zero-order valence-corrected chi connectivity index (χ0v) is 13.9. The summed E-state index contributed by atoms with van der Waals surface area (Å²) in [5, 5.41) is 11.5. The van der Waals surface area contributed by atoms with Gasteiger partial charge >= 0.3 is 0 Å². The van der Waals surface area contributed by atoms with E-state index < -0.39 is 5.60 Å². The lowest BCUT2D eigenvalue weighted by molar-refractivity contribution is 0.102. The van der Waals surface area contributed by atoms with Crippen molar-refractivity contribution in [1.29, 1.82) is 0 Å². The van der Waals surface area contributed by atoms with E-state index in [4.69, 9.17) is 16.3 Å². The van der Waals surface area contributed by atoms with E-state index in [2.05, 4.69) is 15.9 Å². The number of methoxy groups -OCH3 is 1. The smallest absolute Gasteiger partial charge is 0.121 e. The molecule has 0 saturated carbocycles. The van der Waals surface area contributed by atoms with Gasteiger partial charge in [-0.1, -0.05) is 23.7 Å². The van der Waals surface area contributed by atoms with Crippen molar-refractivity contribution >= 4 is 27.5 Å². The van der Waals surface area contributed by atoms with Gasteiger partial charge in [-0.25, -0.2) is 0 Å². The van der Waals surface area contributed by atoms with Crippen LogP contribution in [-0.4, -0.2) is 12.2 Å². The molecule has 106 valence electrons. The highest BCUT2D eigenvalue weighted by molar-refractivity contribution is 9.10. The number of ether oxygens (including phenoxy) is 1. The second-order valence-corrected chi connectivity index (χ2v) is 6.15. The molecule has 0 aromatic heterocycles. The van der Waals surface area contributed by atoms with E-state index in [0.29, 0.717) is 5.02 Å². The Morgan fingerprint density at radius 2 is 1.75 bits per heavy atom. The first kappa shape index (κ1) is 15.4. The average molecular weight is 356 g/mol. The van der Waals surface area contributed by atoms with Crippen LogP contribution in [0.3, 0.4) is 0 Å². The first-order chi connectivity index (χ1) is 9.36. The van der Waals surface area contributed by atoms with Crippen LogP contribution in [0.25, 0.3) is 0 Å². The minimum atomic E-state index is -1.09. The molecule has 20 heavy (non-hydrogen) atoms. The second kappa shape index (κ2) is 5.76. The first-order valence-corrected chi connectivity index (χ1v) is 7.36. The maximum atomic E-state index is 10.9.